The van der Waals surface area contributed by atoms with Gasteiger partial charge in [0.25, 0.3) is 0 Å². The molecule has 0 saturated heterocycles. The van der Waals surface area contributed by atoms with E-state index in [1.165, 1.54) is 18.6 Å². The number of hydrogen-bond acceptors (Lipinski definition) is 4. The minimum atomic E-state index is 0.879. The zero-order valence-corrected chi connectivity index (χ0v) is 12.3. The predicted octanol–water partition coefficient (Wildman–Crippen LogP) is 3.80. The number of methoxy groups -OCH3 is 1. The normalized spacial score (nSPS) is 10.6. The number of fused-ring (bicyclic) bond motifs is 1. The molecule has 3 nitrogen and oxygen atoms in total. The lowest BCUT2D eigenvalue weighted by atomic mass is 10.1. The average molecular weight is 276 g/mol. The van der Waals surface area contributed by atoms with Crippen molar-refractivity contribution in [2.24, 2.45) is 0 Å². The van der Waals surface area contributed by atoms with E-state index in [4.69, 9.17) is 4.74 Å². The van der Waals surface area contributed by atoms with Crippen LogP contribution in [0.15, 0.2) is 30.5 Å². The molecule has 0 fully saturated rings. The largest absolute Gasteiger partial charge is 0.497 e. The van der Waals surface area contributed by atoms with Gasteiger partial charge in [-0.05, 0) is 54.5 Å². The van der Waals surface area contributed by atoms with E-state index >= 15 is 0 Å². The monoisotopic (exact) mass is 276 g/mol. The van der Waals surface area contributed by atoms with Gasteiger partial charge in [0.15, 0.2) is 0 Å². The molecule has 0 spiro atoms. The van der Waals surface area contributed by atoms with Crippen LogP contribution < -0.4 is 10.1 Å². The first kappa shape index (κ1) is 14.0. The van der Waals surface area contributed by atoms with Crippen LogP contribution in [0.2, 0.25) is 0 Å². The van der Waals surface area contributed by atoms with Gasteiger partial charge in [0.05, 0.1) is 7.11 Å². The lowest BCUT2D eigenvalue weighted by Crippen LogP contribution is -2.04. The summed E-state index contributed by atoms with van der Waals surface area (Å²) in [6.45, 7) is 0.971. The van der Waals surface area contributed by atoms with Crippen molar-refractivity contribution in [3.05, 3.63) is 30.5 Å². The molecule has 2 rings (SSSR count). The molecule has 0 aliphatic heterocycles. The van der Waals surface area contributed by atoms with E-state index in [0.717, 1.165) is 28.9 Å². The second kappa shape index (κ2) is 7.24. The van der Waals surface area contributed by atoms with Crippen molar-refractivity contribution < 1.29 is 4.74 Å². The molecule has 0 bridgehead atoms. The fourth-order valence-corrected chi connectivity index (χ4v) is 2.49. The van der Waals surface area contributed by atoms with Gasteiger partial charge < -0.3 is 10.1 Å². The van der Waals surface area contributed by atoms with Crippen molar-refractivity contribution in [2.75, 3.05) is 31.0 Å². The van der Waals surface area contributed by atoms with Crippen LogP contribution in [-0.4, -0.2) is 30.6 Å². The molecule has 0 atom stereocenters. The molecular formula is C15H20N2OS. The van der Waals surface area contributed by atoms with Crippen molar-refractivity contribution in [2.45, 2.75) is 12.8 Å². The summed E-state index contributed by atoms with van der Waals surface area (Å²) in [5.74, 6) is 3.07. The van der Waals surface area contributed by atoms with Crippen LogP contribution in [0.25, 0.3) is 10.8 Å². The molecule has 1 heterocycles. The minimum absolute atomic E-state index is 0.879. The molecule has 0 aliphatic carbocycles. The number of ether oxygens (including phenoxy) is 1. The van der Waals surface area contributed by atoms with Crippen molar-refractivity contribution in [1.29, 1.82) is 0 Å². The molecule has 102 valence electrons. The molecule has 1 N–H and O–H groups in total. The van der Waals surface area contributed by atoms with Crippen molar-refractivity contribution in [1.82, 2.24) is 4.98 Å². The predicted molar refractivity (Wildman–Crippen MR) is 84.4 cm³/mol. The molecule has 1 aromatic carbocycles. The Morgan fingerprint density at radius 3 is 2.95 bits per heavy atom. The molecule has 2 aromatic rings. The number of benzene rings is 1. The molecule has 0 amide bonds. The SMILES string of the molecule is COc1ccc2c(NCCCCSC)nccc2c1. The van der Waals surface area contributed by atoms with Gasteiger partial charge in [0.1, 0.15) is 11.6 Å². The van der Waals surface area contributed by atoms with E-state index in [1.54, 1.807) is 7.11 Å². The number of aromatic nitrogens is 1. The number of thioether (sulfide) groups is 1. The summed E-state index contributed by atoms with van der Waals surface area (Å²) in [5, 5.41) is 5.72. The Morgan fingerprint density at radius 1 is 1.26 bits per heavy atom. The first-order chi connectivity index (χ1) is 9.35. The molecule has 0 saturated carbocycles. The number of nitrogens with zero attached hydrogens (tertiary/aromatic N) is 1. The summed E-state index contributed by atoms with van der Waals surface area (Å²) >= 11 is 1.90. The van der Waals surface area contributed by atoms with Crippen molar-refractivity contribution in [3.63, 3.8) is 0 Å². The third-order valence-electron chi connectivity index (χ3n) is 3.04. The summed E-state index contributed by atoms with van der Waals surface area (Å²) in [5.41, 5.74) is 0. The molecule has 19 heavy (non-hydrogen) atoms. The van der Waals surface area contributed by atoms with E-state index in [1.807, 2.05) is 36.2 Å². The van der Waals surface area contributed by atoms with E-state index in [0.29, 0.717) is 0 Å². The molecule has 4 heteroatoms. The number of anilines is 1. The fourth-order valence-electron chi connectivity index (χ4n) is 2.00. The van der Waals surface area contributed by atoms with E-state index in [2.05, 4.69) is 22.6 Å². The van der Waals surface area contributed by atoms with Gasteiger partial charge >= 0.3 is 0 Å². The maximum atomic E-state index is 5.24. The summed E-state index contributed by atoms with van der Waals surface area (Å²) in [6.07, 6.45) is 6.40. The van der Waals surface area contributed by atoms with Gasteiger partial charge in [0, 0.05) is 18.1 Å². The quantitative estimate of drug-likeness (QED) is 0.780. The molecule has 0 aliphatic rings. The summed E-state index contributed by atoms with van der Waals surface area (Å²) < 4.78 is 5.24. The van der Waals surface area contributed by atoms with Crippen LogP contribution in [0.5, 0.6) is 5.75 Å². The van der Waals surface area contributed by atoms with Crippen LogP contribution in [0.3, 0.4) is 0 Å². The highest BCUT2D eigenvalue weighted by atomic mass is 32.2. The maximum Gasteiger partial charge on any atom is 0.133 e. The van der Waals surface area contributed by atoms with Crippen LogP contribution >= 0.6 is 11.8 Å². The Bertz CT molecular complexity index is 531. The Kier molecular flexibility index (Phi) is 5.33. The first-order valence-corrected chi connectivity index (χ1v) is 7.90. The maximum absolute atomic E-state index is 5.24. The number of rotatable bonds is 7. The number of unbranched alkanes of at least 4 members (excludes halogenated alkanes) is 1. The molecule has 0 unspecified atom stereocenters. The zero-order valence-electron chi connectivity index (χ0n) is 11.5. The lowest BCUT2D eigenvalue weighted by Gasteiger charge is -2.09. The van der Waals surface area contributed by atoms with Crippen LogP contribution in [0.1, 0.15) is 12.8 Å². The molecule has 0 radical (unpaired) electrons. The standard InChI is InChI=1S/C15H20N2OS/c1-18-13-5-6-14-12(11-13)7-9-17-15(14)16-8-3-4-10-19-2/h5-7,9,11H,3-4,8,10H2,1-2H3,(H,16,17). The lowest BCUT2D eigenvalue weighted by molar-refractivity contribution is 0.415. The second-order valence-corrected chi connectivity index (χ2v) is 5.36. The number of nitrogens with one attached hydrogen (secondary N) is 1. The highest BCUT2D eigenvalue weighted by Gasteiger charge is 2.03. The smallest absolute Gasteiger partial charge is 0.133 e. The number of pyridine rings is 1. The Morgan fingerprint density at radius 2 is 2.16 bits per heavy atom. The molecule has 1 aromatic heterocycles. The van der Waals surface area contributed by atoms with Crippen LogP contribution in [0, 0.1) is 0 Å². The Hall–Kier alpha value is -1.42. The van der Waals surface area contributed by atoms with Gasteiger partial charge in [-0.25, -0.2) is 4.98 Å². The van der Waals surface area contributed by atoms with Gasteiger partial charge in [0.2, 0.25) is 0 Å². The zero-order chi connectivity index (χ0) is 13.5. The Labute approximate surface area is 118 Å². The van der Waals surface area contributed by atoms with E-state index < -0.39 is 0 Å². The van der Waals surface area contributed by atoms with Gasteiger partial charge in [-0.1, -0.05) is 0 Å². The number of hydrogen-bond donors (Lipinski definition) is 1. The summed E-state index contributed by atoms with van der Waals surface area (Å²) in [7, 11) is 1.69. The average Bonchev–Trinajstić information content (AvgIpc) is 2.46. The third kappa shape index (κ3) is 3.77. The highest BCUT2D eigenvalue weighted by molar-refractivity contribution is 7.98. The van der Waals surface area contributed by atoms with Gasteiger partial charge in [-0.3, -0.25) is 0 Å². The van der Waals surface area contributed by atoms with Gasteiger partial charge in [-0.15, -0.1) is 0 Å². The van der Waals surface area contributed by atoms with E-state index in [-0.39, 0.29) is 0 Å². The third-order valence-corrected chi connectivity index (χ3v) is 3.74. The van der Waals surface area contributed by atoms with Gasteiger partial charge in [-0.2, -0.15) is 11.8 Å². The second-order valence-electron chi connectivity index (χ2n) is 4.37. The molecular weight excluding hydrogens is 256 g/mol. The summed E-state index contributed by atoms with van der Waals surface area (Å²) in [4.78, 5) is 4.42. The van der Waals surface area contributed by atoms with Crippen molar-refractivity contribution in [3.8, 4) is 5.75 Å². The van der Waals surface area contributed by atoms with Crippen LogP contribution in [0.4, 0.5) is 5.82 Å². The summed E-state index contributed by atoms with van der Waals surface area (Å²) in [6, 6.07) is 8.08. The minimum Gasteiger partial charge on any atom is -0.497 e. The topological polar surface area (TPSA) is 34.1 Å². The van der Waals surface area contributed by atoms with Crippen LogP contribution in [-0.2, 0) is 0 Å². The fraction of sp³-hybridized carbons (Fsp3) is 0.400. The Balaban J connectivity index is 2.06. The van der Waals surface area contributed by atoms with Crippen molar-refractivity contribution >= 4 is 28.4 Å². The highest BCUT2D eigenvalue weighted by Crippen LogP contribution is 2.25. The first-order valence-electron chi connectivity index (χ1n) is 6.50. The van der Waals surface area contributed by atoms with E-state index in [9.17, 15) is 0 Å².